The number of allylic oxidation sites excluding steroid dienone is 1. The Kier molecular flexibility index (Phi) is 7.04. The Morgan fingerprint density at radius 3 is 2.58 bits per heavy atom. The minimum Gasteiger partial charge on any atom is -0.497 e. The standard InChI is InChI=1S/C23H24ClN3O4S2/c1-3-12-27-20-9-4-17(24)15-21(20)32-23(27)25-22(28)16-10-13-26(14-11-16)33(29,30)19-7-5-18(31-2)6-8-19/h3-9,15-16H,1,10-14H2,2H3. The van der Waals surface area contributed by atoms with E-state index in [1.807, 2.05) is 16.7 Å². The fourth-order valence-electron chi connectivity index (χ4n) is 3.86. The van der Waals surface area contributed by atoms with Gasteiger partial charge in [-0.15, -0.1) is 6.58 Å². The van der Waals surface area contributed by atoms with Crippen LogP contribution in [0.3, 0.4) is 0 Å². The van der Waals surface area contributed by atoms with Crippen molar-refractivity contribution in [2.45, 2.75) is 24.3 Å². The van der Waals surface area contributed by atoms with Crippen LogP contribution in [0.1, 0.15) is 12.8 Å². The van der Waals surface area contributed by atoms with E-state index in [0.29, 0.717) is 35.0 Å². The molecule has 1 saturated heterocycles. The number of piperidine rings is 1. The first-order valence-electron chi connectivity index (χ1n) is 10.5. The molecule has 7 nitrogen and oxygen atoms in total. The maximum absolute atomic E-state index is 13.0. The highest BCUT2D eigenvalue weighted by molar-refractivity contribution is 7.89. The Bertz CT molecular complexity index is 1350. The smallest absolute Gasteiger partial charge is 0.251 e. The van der Waals surface area contributed by atoms with E-state index in [4.69, 9.17) is 16.3 Å². The molecule has 0 unspecified atom stereocenters. The van der Waals surface area contributed by atoms with E-state index in [2.05, 4.69) is 11.6 Å². The second-order valence-corrected chi connectivity index (χ2v) is 11.1. The number of thiazole rings is 1. The van der Waals surface area contributed by atoms with Gasteiger partial charge in [-0.3, -0.25) is 4.79 Å². The molecule has 0 N–H and O–H groups in total. The molecular formula is C23H24ClN3O4S2. The Labute approximate surface area is 201 Å². The molecule has 1 aliphatic heterocycles. The number of rotatable bonds is 6. The van der Waals surface area contributed by atoms with Gasteiger partial charge in [0.2, 0.25) is 10.0 Å². The number of carbonyl (C=O) groups excluding carboxylic acids is 1. The van der Waals surface area contributed by atoms with Crippen molar-refractivity contribution in [1.29, 1.82) is 0 Å². The van der Waals surface area contributed by atoms with E-state index in [9.17, 15) is 13.2 Å². The largest absolute Gasteiger partial charge is 0.497 e. The summed E-state index contributed by atoms with van der Waals surface area (Å²) >= 11 is 7.52. The lowest BCUT2D eigenvalue weighted by Gasteiger charge is -2.29. The van der Waals surface area contributed by atoms with Gasteiger partial charge in [-0.05, 0) is 55.3 Å². The average molecular weight is 506 g/mol. The van der Waals surface area contributed by atoms with Crippen LogP contribution in [0.15, 0.2) is 65.0 Å². The molecule has 0 aliphatic carbocycles. The van der Waals surface area contributed by atoms with Gasteiger partial charge in [-0.25, -0.2) is 8.42 Å². The van der Waals surface area contributed by atoms with E-state index in [1.165, 1.54) is 34.9 Å². The molecule has 1 amide bonds. The van der Waals surface area contributed by atoms with Crippen LogP contribution in [0.5, 0.6) is 5.75 Å². The maximum Gasteiger partial charge on any atom is 0.251 e. The number of ether oxygens (including phenoxy) is 1. The topological polar surface area (TPSA) is 81.0 Å². The first-order valence-corrected chi connectivity index (χ1v) is 13.1. The van der Waals surface area contributed by atoms with Gasteiger partial charge in [-0.1, -0.05) is 29.0 Å². The van der Waals surface area contributed by atoms with Crippen molar-refractivity contribution in [2.24, 2.45) is 10.9 Å². The van der Waals surface area contributed by atoms with Gasteiger partial charge in [0.15, 0.2) is 4.80 Å². The number of hydrogen-bond acceptors (Lipinski definition) is 5. The minimum absolute atomic E-state index is 0.215. The molecule has 3 aromatic rings. The third kappa shape index (κ3) is 4.91. The first kappa shape index (κ1) is 23.7. The van der Waals surface area contributed by atoms with Gasteiger partial charge in [0.1, 0.15) is 5.75 Å². The lowest BCUT2D eigenvalue weighted by atomic mass is 9.98. The van der Waals surface area contributed by atoms with Crippen LogP contribution in [0.4, 0.5) is 0 Å². The molecule has 0 atom stereocenters. The van der Waals surface area contributed by atoms with Crippen LogP contribution in [-0.2, 0) is 21.4 Å². The summed E-state index contributed by atoms with van der Waals surface area (Å²) < 4.78 is 35.3. The molecule has 0 spiro atoms. The average Bonchev–Trinajstić information content (AvgIpc) is 3.15. The van der Waals surface area contributed by atoms with Crippen molar-refractivity contribution < 1.29 is 17.9 Å². The Balaban J connectivity index is 1.51. The minimum atomic E-state index is -3.62. The molecule has 1 aromatic heterocycles. The van der Waals surface area contributed by atoms with E-state index in [0.717, 1.165) is 10.2 Å². The zero-order valence-electron chi connectivity index (χ0n) is 18.1. The number of sulfonamides is 1. The molecule has 2 aromatic carbocycles. The number of carbonyl (C=O) groups is 1. The number of nitrogens with zero attached hydrogens (tertiary/aromatic N) is 3. The monoisotopic (exact) mass is 505 g/mol. The fraction of sp³-hybridized carbons (Fsp3) is 0.304. The number of aromatic nitrogens is 1. The summed E-state index contributed by atoms with van der Waals surface area (Å²) in [6.07, 6.45) is 2.61. The highest BCUT2D eigenvalue weighted by atomic mass is 35.5. The summed E-state index contributed by atoms with van der Waals surface area (Å²) in [5, 5.41) is 0.623. The van der Waals surface area contributed by atoms with Crippen LogP contribution in [-0.4, -0.2) is 43.4 Å². The van der Waals surface area contributed by atoms with Crippen LogP contribution in [0, 0.1) is 5.92 Å². The maximum atomic E-state index is 13.0. The summed E-state index contributed by atoms with van der Waals surface area (Å²) in [4.78, 5) is 18.2. The third-order valence-corrected chi connectivity index (χ3v) is 8.85. The van der Waals surface area contributed by atoms with Crippen LogP contribution in [0.2, 0.25) is 5.02 Å². The molecule has 33 heavy (non-hydrogen) atoms. The van der Waals surface area contributed by atoms with Gasteiger partial charge in [0.25, 0.3) is 5.91 Å². The summed E-state index contributed by atoms with van der Waals surface area (Å²) in [6, 6.07) is 11.9. The van der Waals surface area contributed by atoms with E-state index in [1.54, 1.807) is 24.3 Å². The lowest BCUT2D eigenvalue weighted by Crippen LogP contribution is -2.40. The number of amides is 1. The van der Waals surface area contributed by atoms with E-state index in [-0.39, 0.29) is 29.8 Å². The Hall–Kier alpha value is -2.46. The number of methoxy groups -OCH3 is 1. The second-order valence-electron chi connectivity index (χ2n) is 7.70. The van der Waals surface area contributed by atoms with E-state index >= 15 is 0 Å². The Morgan fingerprint density at radius 1 is 1.24 bits per heavy atom. The summed E-state index contributed by atoms with van der Waals surface area (Å²) in [7, 11) is -2.09. The third-order valence-electron chi connectivity index (χ3n) is 5.66. The van der Waals surface area contributed by atoms with Crippen molar-refractivity contribution in [3.05, 3.63) is 64.9 Å². The SMILES string of the molecule is C=CCn1c(=NC(=O)C2CCN(S(=O)(=O)c3ccc(OC)cc3)CC2)sc2cc(Cl)ccc21. The van der Waals surface area contributed by atoms with Crippen molar-refractivity contribution in [3.8, 4) is 5.75 Å². The zero-order valence-corrected chi connectivity index (χ0v) is 20.5. The van der Waals surface area contributed by atoms with Gasteiger partial charge in [-0.2, -0.15) is 9.30 Å². The molecule has 10 heteroatoms. The molecular weight excluding hydrogens is 482 g/mol. The van der Waals surface area contributed by atoms with Crippen LogP contribution >= 0.6 is 22.9 Å². The number of benzene rings is 2. The van der Waals surface area contributed by atoms with Gasteiger partial charge in [0, 0.05) is 30.6 Å². The summed E-state index contributed by atoms with van der Waals surface area (Å²) in [6.45, 7) is 4.86. The van der Waals surface area contributed by atoms with Crippen molar-refractivity contribution in [3.63, 3.8) is 0 Å². The van der Waals surface area contributed by atoms with Crippen molar-refractivity contribution in [1.82, 2.24) is 8.87 Å². The molecule has 2 heterocycles. The molecule has 1 fully saturated rings. The number of hydrogen-bond donors (Lipinski definition) is 0. The second kappa shape index (κ2) is 9.80. The molecule has 1 aliphatic rings. The van der Waals surface area contributed by atoms with Crippen LogP contribution < -0.4 is 9.54 Å². The zero-order chi connectivity index (χ0) is 23.6. The molecule has 174 valence electrons. The molecule has 4 rings (SSSR count). The van der Waals surface area contributed by atoms with Gasteiger partial charge in [0.05, 0.1) is 22.2 Å². The fourth-order valence-corrected chi connectivity index (χ4v) is 6.65. The normalized spacial score (nSPS) is 16.2. The quantitative estimate of drug-likeness (QED) is 0.473. The Morgan fingerprint density at radius 2 is 1.94 bits per heavy atom. The van der Waals surface area contributed by atoms with Crippen molar-refractivity contribution >= 4 is 49.1 Å². The predicted octanol–water partition coefficient (Wildman–Crippen LogP) is 4.08. The first-order chi connectivity index (χ1) is 15.8. The predicted molar refractivity (Wildman–Crippen MR) is 130 cm³/mol. The molecule has 0 radical (unpaired) electrons. The number of fused-ring (bicyclic) bond motifs is 1. The van der Waals surface area contributed by atoms with Gasteiger partial charge < -0.3 is 9.30 Å². The van der Waals surface area contributed by atoms with Crippen LogP contribution in [0.25, 0.3) is 10.2 Å². The van der Waals surface area contributed by atoms with Crippen molar-refractivity contribution in [2.75, 3.05) is 20.2 Å². The number of halogens is 1. The summed E-state index contributed by atoms with van der Waals surface area (Å²) in [5.74, 6) is 0.0438. The lowest BCUT2D eigenvalue weighted by molar-refractivity contribution is -0.122. The van der Waals surface area contributed by atoms with E-state index < -0.39 is 10.0 Å². The highest BCUT2D eigenvalue weighted by Crippen LogP contribution is 2.26. The summed E-state index contributed by atoms with van der Waals surface area (Å²) in [5.41, 5.74) is 0.941. The molecule has 0 saturated carbocycles. The highest BCUT2D eigenvalue weighted by Gasteiger charge is 2.32. The van der Waals surface area contributed by atoms with Gasteiger partial charge >= 0.3 is 0 Å². The molecule has 0 bridgehead atoms.